The molecule has 1 aliphatic rings. The molecule has 24 heavy (non-hydrogen) atoms. The molecule has 3 heteroatoms. The van der Waals surface area contributed by atoms with Gasteiger partial charge < -0.3 is 0 Å². The molecular weight excluding hydrogens is 317 g/mol. The van der Waals surface area contributed by atoms with E-state index in [0.29, 0.717) is 12.8 Å². The Morgan fingerprint density at radius 1 is 1.12 bits per heavy atom. The van der Waals surface area contributed by atoms with E-state index in [4.69, 9.17) is 5.26 Å². The third kappa shape index (κ3) is 3.16. The van der Waals surface area contributed by atoms with Crippen LogP contribution >= 0.6 is 11.8 Å². The van der Waals surface area contributed by atoms with Crippen LogP contribution in [0.5, 0.6) is 0 Å². The van der Waals surface area contributed by atoms with Crippen molar-refractivity contribution in [3.8, 4) is 6.07 Å². The van der Waals surface area contributed by atoms with Crippen molar-refractivity contribution < 1.29 is 4.39 Å². The van der Waals surface area contributed by atoms with Crippen LogP contribution in [0.4, 0.5) is 4.39 Å². The van der Waals surface area contributed by atoms with E-state index in [1.807, 2.05) is 6.07 Å². The van der Waals surface area contributed by atoms with E-state index < -0.39 is 0 Å². The molecule has 0 amide bonds. The number of thioether (sulfide) groups is 1. The second-order valence-corrected chi connectivity index (χ2v) is 6.66. The largest absolute Gasteiger partial charge is 0.207 e. The van der Waals surface area contributed by atoms with E-state index in [1.165, 1.54) is 11.0 Å². The number of benzene rings is 2. The molecule has 0 bridgehead atoms. The molecule has 0 saturated carbocycles. The van der Waals surface area contributed by atoms with Gasteiger partial charge in [0.25, 0.3) is 0 Å². The summed E-state index contributed by atoms with van der Waals surface area (Å²) in [6, 6.07) is 15.5. The molecule has 0 N–H and O–H groups in total. The van der Waals surface area contributed by atoms with Crippen LogP contribution in [-0.2, 0) is 0 Å². The number of hydrogen-bond donors (Lipinski definition) is 0. The monoisotopic (exact) mass is 335 g/mol. The molecule has 3 rings (SSSR count). The van der Waals surface area contributed by atoms with Gasteiger partial charge in [0.2, 0.25) is 0 Å². The summed E-state index contributed by atoms with van der Waals surface area (Å²) in [5.41, 5.74) is 6.44. The maximum absolute atomic E-state index is 13.7. The van der Waals surface area contributed by atoms with E-state index in [0.717, 1.165) is 33.4 Å². The van der Waals surface area contributed by atoms with Crippen LogP contribution in [0.2, 0.25) is 0 Å². The van der Waals surface area contributed by atoms with E-state index in [9.17, 15) is 4.39 Å². The lowest BCUT2D eigenvalue weighted by molar-refractivity contribution is 0.627. The molecule has 1 aliphatic carbocycles. The van der Waals surface area contributed by atoms with Crippen molar-refractivity contribution in [3.05, 3.63) is 70.5 Å². The fourth-order valence-corrected chi connectivity index (χ4v) is 3.53. The van der Waals surface area contributed by atoms with Gasteiger partial charge in [-0.25, -0.2) is 4.39 Å². The van der Waals surface area contributed by atoms with Crippen LogP contribution in [0.25, 0.3) is 17.2 Å². The first-order chi connectivity index (χ1) is 11.6. The first-order valence-corrected chi connectivity index (χ1v) is 9.09. The summed E-state index contributed by atoms with van der Waals surface area (Å²) in [4.78, 5) is 1.23. The highest BCUT2D eigenvalue weighted by atomic mass is 32.2. The molecule has 0 radical (unpaired) electrons. The van der Waals surface area contributed by atoms with Crippen molar-refractivity contribution in [2.75, 3.05) is 6.26 Å². The van der Waals surface area contributed by atoms with Gasteiger partial charge in [0, 0.05) is 11.3 Å². The molecular formula is C21H18FNS. The zero-order chi connectivity index (χ0) is 17.1. The van der Waals surface area contributed by atoms with E-state index >= 15 is 0 Å². The number of nitriles is 1. The summed E-state index contributed by atoms with van der Waals surface area (Å²) >= 11 is 1.72. The topological polar surface area (TPSA) is 23.8 Å². The summed E-state index contributed by atoms with van der Waals surface area (Å²) < 4.78 is 13.7. The molecule has 0 fully saturated rings. The van der Waals surface area contributed by atoms with Gasteiger partial charge in [0.05, 0.1) is 6.07 Å². The van der Waals surface area contributed by atoms with Gasteiger partial charge in [-0.15, -0.1) is 11.8 Å². The fourth-order valence-electron chi connectivity index (χ4n) is 3.12. The van der Waals surface area contributed by atoms with Gasteiger partial charge in [0.1, 0.15) is 5.82 Å². The highest BCUT2D eigenvalue weighted by molar-refractivity contribution is 7.98. The minimum absolute atomic E-state index is 0.235. The van der Waals surface area contributed by atoms with Crippen molar-refractivity contribution in [1.82, 2.24) is 0 Å². The molecule has 2 aromatic rings. The van der Waals surface area contributed by atoms with Crippen molar-refractivity contribution in [3.63, 3.8) is 0 Å². The molecule has 0 aromatic heterocycles. The van der Waals surface area contributed by atoms with Crippen LogP contribution in [-0.4, -0.2) is 6.26 Å². The van der Waals surface area contributed by atoms with Crippen molar-refractivity contribution >= 4 is 29.0 Å². The number of halogens is 1. The quantitative estimate of drug-likeness (QED) is 0.623. The summed E-state index contributed by atoms with van der Waals surface area (Å²) in [7, 11) is 0. The van der Waals surface area contributed by atoms with Crippen LogP contribution in [0.3, 0.4) is 0 Å². The lowest BCUT2D eigenvalue weighted by atomic mass is 10.0. The molecule has 0 unspecified atom stereocenters. The molecule has 120 valence electrons. The number of allylic oxidation sites excluding steroid dienone is 3. The van der Waals surface area contributed by atoms with Crippen molar-refractivity contribution in [2.24, 2.45) is 0 Å². The Labute approximate surface area is 146 Å². The van der Waals surface area contributed by atoms with Gasteiger partial charge in [-0.05, 0) is 83.4 Å². The van der Waals surface area contributed by atoms with Gasteiger partial charge in [0.15, 0.2) is 0 Å². The molecule has 0 saturated heterocycles. The summed E-state index contributed by atoms with van der Waals surface area (Å²) in [5, 5.41) is 8.90. The zero-order valence-corrected chi connectivity index (χ0v) is 14.6. The van der Waals surface area contributed by atoms with Gasteiger partial charge in [-0.1, -0.05) is 18.2 Å². The maximum Gasteiger partial charge on any atom is 0.123 e. The summed E-state index contributed by atoms with van der Waals surface area (Å²) in [6.45, 7) is 2.06. The second kappa shape index (κ2) is 7.07. The number of nitrogens with zero attached hydrogens (tertiary/aromatic N) is 1. The highest BCUT2D eigenvalue weighted by Gasteiger charge is 2.23. The summed E-state index contributed by atoms with van der Waals surface area (Å²) in [6.07, 6.45) is 5.30. The van der Waals surface area contributed by atoms with Gasteiger partial charge >= 0.3 is 0 Å². The SMILES string of the molecule is CSc1ccc(/C=C2\C(C)=C(CCC#N)c3cc(F)ccc32)cc1. The Morgan fingerprint density at radius 2 is 1.88 bits per heavy atom. The number of rotatable bonds is 4. The molecule has 2 aromatic carbocycles. The number of fused-ring (bicyclic) bond motifs is 1. The predicted octanol–water partition coefficient (Wildman–Crippen LogP) is 6.18. The highest BCUT2D eigenvalue weighted by Crippen LogP contribution is 2.44. The fraction of sp³-hybridized carbons (Fsp3) is 0.190. The lowest BCUT2D eigenvalue weighted by Crippen LogP contribution is -1.87. The van der Waals surface area contributed by atoms with Gasteiger partial charge in [-0.3, -0.25) is 0 Å². The Kier molecular flexibility index (Phi) is 4.87. The second-order valence-electron chi connectivity index (χ2n) is 5.78. The van der Waals surface area contributed by atoms with E-state index in [2.05, 4.69) is 49.6 Å². The van der Waals surface area contributed by atoms with E-state index in [-0.39, 0.29) is 5.82 Å². The minimum Gasteiger partial charge on any atom is -0.207 e. The summed E-state index contributed by atoms with van der Waals surface area (Å²) in [5.74, 6) is -0.235. The third-order valence-electron chi connectivity index (χ3n) is 4.37. The van der Waals surface area contributed by atoms with Gasteiger partial charge in [-0.2, -0.15) is 5.26 Å². The smallest absolute Gasteiger partial charge is 0.123 e. The molecule has 0 heterocycles. The third-order valence-corrected chi connectivity index (χ3v) is 5.11. The average Bonchev–Trinajstić information content (AvgIpc) is 2.85. The molecule has 1 nitrogen and oxygen atoms in total. The zero-order valence-electron chi connectivity index (χ0n) is 13.8. The Hall–Kier alpha value is -2.31. The van der Waals surface area contributed by atoms with Crippen LogP contribution < -0.4 is 0 Å². The Morgan fingerprint density at radius 3 is 2.54 bits per heavy atom. The van der Waals surface area contributed by atoms with Crippen molar-refractivity contribution in [2.45, 2.75) is 24.7 Å². The van der Waals surface area contributed by atoms with Crippen LogP contribution in [0, 0.1) is 17.1 Å². The predicted molar refractivity (Wildman–Crippen MR) is 99.9 cm³/mol. The van der Waals surface area contributed by atoms with Crippen LogP contribution in [0.1, 0.15) is 36.5 Å². The lowest BCUT2D eigenvalue weighted by Gasteiger charge is -2.05. The van der Waals surface area contributed by atoms with E-state index in [1.54, 1.807) is 17.8 Å². The standard InChI is InChI=1S/C21H18FNS/c1-14-18(4-3-11-23)21-13-16(22)7-10-19(21)20(14)12-15-5-8-17(24-2)9-6-15/h5-10,12-13H,3-4H2,1-2H3/b20-12+. The Bertz CT molecular complexity index is 870. The first-order valence-electron chi connectivity index (χ1n) is 7.87. The van der Waals surface area contributed by atoms with Crippen molar-refractivity contribution in [1.29, 1.82) is 5.26 Å². The first kappa shape index (κ1) is 16.5. The normalized spacial score (nSPS) is 14.8. The molecule has 0 atom stereocenters. The maximum atomic E-state index is 13.7. The minimum atomic E-state index is -0.235. The van der Waals surface area contributed by atoms with Crippen LogP contribution in [0.15, 0.2) is 52.9 Å². The molecule has 0 aliphatic heterocycles. The Balaban J connectivity index is 2.08. The average molecular weight is 335 g/mol. The molecule has 0 spiro atoms. The number of hydrogen-bond acceptors (Lipinski definition) is 2.